The van der Waals surface area contributed by atoms with Gasteiger partial charge in [0.15, 0.2) is 11.5 Å². The molecule has 3 rings (SSSR count). The van der Waals surface area contributed by atoms with Gasteiger partial charge in [0, 0.05) is 13.1 Å². The number of hydrazone groups is 1. The topological polar surface area (TPSA) is 80.2 Å². The van der Waals surface area contributed by atoms with Crippen LogP contribution in [0.15, 0.2) is 53.6 Å². The van der Waals surface area contributed by atoms with E-state index < -0.39 is 11.8 Å². The molecular weight excluding hydrogens is 382 g/mol. The first-order valence-electron chi connectivity index (χ1n) is 10.2. The lowest BCUT2D eigenvalue weighted by Crippen LogP contribution is -2.43. The van der Waals surface area contributed by atoms with E-state index in [0.29, 0.717) is 37.8 Å². The Morgan fingerprint density at radius 3 is 2.53 bits per heavy atom. The summed E-state index contributed by atoms with van der Waals surface area (Å²) in [7, 11) is 0. The fourth-order valence-corrected chi connectivity index (χ4v) is 3.18. The van der Waals surface area contributed by atoms with Gasteiger partial charge in [-0.3, -0.25) is 9.59 Å². The molecule has 0 saturated carbocycles. The second kappa shape index (κ2) is 11.0. The van der Waals surface area contributed by atoms with Gasteiger partial charge in [-0.05, 0) is 55.5 Å². The smallest absolute Gasteiger partial charge is 0.329 e. The minimum absolute atomic E-state index is 0.434. The fourth-order valence-electron chi connectivity index (χ4n) is 3.18. The predicted molar refractivity (Wildman–Crippen MR) is 115 cm³/mol. The van der Waals surface area contributed by atoms with E-state index in [2.05, 4.69) is 10.5 Å². The van der Waals surface area contributed by atoms with Crippen LogP contribution in [0.3, 0.4) is 0 Å². The van der Waals surface area contributed by atoms with Crippen LogP contribution < -0.4 is 14.9 Å². The van der Waals surface area contributed by atoms with E-state index >= 15 is 0 Å². The number of rotatable bonds is 7. The van der Waals surface area contributed by atoms with Crippen molar-refractivity contribution < 1.29 is 19.1 Å². The minimum Gasteiger partial charge on any atom is -0.490 e. The van der Waals surface area contributed by atoms with Gasteiger partial charge in [0.2, 0.25) is 0 Å². The summed E-state index contributed by atoms with van der Waals surface area (Å²) >= 11 is 0. The Morgan fingerprint density at radius 2 is 1.80 bits per heavy atom. The highest BCUT2D eigenvalue weighted by Crippen LogP contribution is 2.28. The molecule has 2 amide bonds. The van der Waals surface area contributed by atoms with Gasteiger partial charge in [-0.1, -0.05) is 30.3 Å². The van der Waals surface area contributed by atoms with Gasteiger partial charge >= 0.3 is 11.8 Å². The monoisotopic (exact) mass is 409 g/mol. The van der Waals surface area contributed by atoms with Crippen molar-refractivity contribution in [2.45, 2.75) is 32.8 Å². The first-order chi connectivity index (χ1) is 14.7. The summed E-state index contributed by atoms with van der Waals surface area (Å²) in [5.74, 6) is -0.0391. The second-order valence-corrected chi connectivity index (χ2v) is 6.97. The molecule has 7 nitrogen and oxygen atoms in total. The normalized spacial score (nSPS) is 13.8. The van der Waals surface area contributed by atoms with E-state index in [9.17, 15) is 9.59 Å². The van der Waals surface area contributed by atoms with Crippen LogP contribution in [0.4, 0.5) is 0 Å². The Hall–Kier alpha value is -3.35. The largest absolute Gasteiger partial charge is 0.490 e. The van der Waals surface area contributed by atoms with E-state index in [4.69, 9.17) is 9.47 Å². The summed E-state index contributed by atoms with van der Waals surface area (Å²) < 4.78 is 11.6. The molecular formula is C23H27N3O4. The summed E-state index contributed by atoms with van der Waals surface area (Å²) in [5.41, 5.74) is 4.09. The molecule has 1 N–H and O–H groups in total. The average Bonchev–Trinajstić information content (AvgIpc) is 2.79. The molecule has 0 radical (unpaired) electrons. The molecule has 1 aliphatic rings. The van der Waals surface area contributed by atoms with Gasteiger partial charge in [-0.25, -0.2) is 5.43 Å². The zero-order chi connectivity index (χ0) is 21.2. The summed E-state index contributed by atoms with van der Waals surface area (Å²) in [6.45, 7) is 4.07. The lowest BCUT2D eigenvalue weighted by molar-refractivity contribution is -0.146. The molecule has 0 unspecified atom stereocenters. The third-order valence-electron chi connectivity index (χ3n) is 4.72. The van der Waals surface area contributed by atoms with E-state index in [1.54, 1.807) is 17.0 Å². The third kappa shape index (κ3) is 6.07. The average molecular weight is 409 g/mol. The van der Waals surface area contributed by atoms with Crippen molar-refractivity contribution >= 4 is 18.0 Å². The third-order valence-corrected chi connectivity index (χ3v) is 4.72. The Morgan fingerprint density at radius 1 is 1.03 bits per heavy atom. The number of amides is 2. The maximum atomic E-state index is 12.1. The summed E-state index contributed by atoms with van der Waals surface area (Å²) in [6.07, 6.45) is 4.43. The zero-order valence-electron chi connectivity index (χ0n) is 17.2. The molecule has 30 heavy (non-hydrogen) atoms. The maximum Gasteiger partial charge on any atom is 0.329 e. The van der Waals surface area contributed by atoms with Gasteiger partial charge in [-0.15, -0.1) is 0 Å². The number of likely N-dealkylation sites (tertiary alicyclic amines) is 1. The molecule has 2 aromatic rings. The Bertz CT molecular complexity index is 877. The molecule has 0 bridgehead atoms. The lowest BCUT2D eigenvalue weighted by Gasteiger charge is -2.25. The number of nitrogens with one attached hydrogen (secondary N) is 1. The first kappa shape index (κ1) is 21.4. The number of ether oxygens (including phenoxy) is 2. The van der Waals surface area contributed by atoms with Crippen molar-refractivity contribution in [3.8, 4) is 11.5 Å². The highest BCUT2D eigenvalue weighted by atomic mass is 16.5. The molecule has 1 saturated heterocycles. The van der Waals surface area contributed by atoms with Crippen molar-refractivity contribution in [2.75, 3.05) is 19.7 Å². The zero-order valence-corrected chi connectivity index (χ0v) is 17.2. The highest BCUT2D eigenvalue weighted by Gasteiger charge is 2.22. The van der Waals surface area contributed by atoms with Crippen LogP contribution in [0.1, 0.15) is 37.3 Å². The fraction of sp³-hybridized carbons (Fsp3) is 0.348. The molecule has 7 heteroatoms. The van der Waals surface area contributed by atoms with Crippen molar-refractivity contribution in [1.29, 1.82) is 0 Å². The Kier molecular flexibility index (Phi) is 7.83. The summed E-state index contributed by atoms with van der Waals surface area (Å²) in [4.78, 5) is 25.7. The highest BCUT2D eigenvalue weighted by molar-refractivity contribution is 6.35. The van der Waals surface area contributed by atoms with Crippen LogP contribution >= 0.6 is 0 Å². The Labute approximate surface area is 176 Å². The van der Waals surface area contributed by atoms with Gasteiger partial charge in [0.1, 0.15) is 6.61 Å². The number of carbonyl (C=O) groups excluding carboxylic acids is 2. The number of carbonyl (C=O) groups is 2. The SMILES string of the molecule is CCOc1cc(/C=N\NC(=O)C(=O)N2CCCCC2)ccc1OCc1ccccc1. The van der Waals surface area contributed by atoms with Crippen LogP contribution in [0.25, 0.3) is 0 Å². The summed E-state index contributed by atoms with van der Waals surface area (Å²) in [5, 5.41) is 3.91. The van der Waals surface area contributed by atoms with Gasteiger partial charge in [0.05, 0.1) is 12.8 Å². The number of piperidine rings is 1. The maximum absolute atomic E-state index is 12.1. The van der Waals surface area contributed by atoms with Gasteiger partial charge in [0.25, 0.3) is 0 Å². The van der Waals surface area contributed by atoms with Crippen LogP contribution in [0.5, 0.6) is 11.5 Å². The molecule has 0 aromatic heterocycles. The Balaban J connectivity index is 1.59. The van der Waals surface area contributed by atoms with E-state index in [1.807, 2.05) is 43.3 Å². The van der Waals surface area contributed by atoms with E-state index in [-0.39, 0.29) is 0 Å². The molecule has 1 heterocycles. The minimum atomic E-state index is -0.721. The predicted octanol–water partition coefficient (Wildman–Crippen LogP) is 3.13. The standard InChI is InChI=1S/C23H27N3O4/c1-2-29-21-15-19(11-12-20(21)30-17-18-9-5-3-6-10-18)16-24-25-22(27)23(28)26-13-7-4-8-14-26/h3,5-6,9-12,15-16H,2,4,7-8,13-14,17H2,1H3,(H,25,27)/b24-16-. The van der Waals surface area contributed by atoms with Crippen molar-refractivity contribution in [3.63, 3.8) is 0 Å². The lowest BCUT2D eigenvalue weighted by atomic mass is 10.1. The van der Waals surface area contributed by atoms with Crippen molar-refractivity contribution in [1.82, 2.24) is 10.3 Å². The van der Waals surface area contributed by atoms with Crippen LogP contribution in [-0.4, -0.2) is 42.6 Å². The van der Waals surface area contributed by atoms with Crippen molar-refractivity contribution in [3.05, 3.63) is 59.7 Å². The molecule has 0 aliphatic carbocycles. The second-order valence-electron chi connectivity index (χ2n) is 6.97. The quantitative estimate of drug-likeness (QED) is 0.433. The van der Waals surface area contributed by atoms with Gasteiger partial charge in [-0.2, -0.15) is 5.10 Å². The number of benzene rings is 2. The van der Waals surface area contributed by atoms with E-state index in [0.717, 1.165) is 30.4 Å². The van der Waals surface area contributed by atoms with Crippen LogP contribution in [0, 0.1) is 0 Å². The molecule has 2 aromatic carbocycles. The molecule has 0 atom stereocenters. The number of nitrogens with zero attached hydrogens (tertiary/aromatic N) is 2. The first-order valence-corrected chi connectivity index (χ1v) is 10.2. The molecule has 1 aliphatic heterocycles. The molecule has 1 fully saturated rings. The van der Waals surface area contributed by atoms with E-state index in [1.165, 1.54) is 6.21 Å². The van der Waals surface area contributed by atoms with Gasteiger partial charge < -0.3 is 14.4 Å². The molecule has 158 valence electrons. The van der Waals surface area contributed by atoms with Crippen LogP contribution in [-0.2, 0) is 16.2 Å². The van der Waals surface area contributed by atoms with Crippen LogP contribution in [0.2, 0.25) is 0 Å². The molecule has 0 spiro atoms. The van der Waals surface area contributed by atoms with Crippen molar-refractivity contribution in [2.24, 2.45) is 5.10 Å². The summed E-state index contributed by atoms with van der Waals surface area (Å²) in [6, 6.07) is 15.3. The number of hydrogen-bond donors (Lipinski definition) is 1. The number of hydrogen-bond acceptors (Lipinski definition) is 5.